The molecule has 0 saturated carbocycles. The van der Waals surface area contributed by atoms with Crippen molar-refractivity contribution in [1.29, 1.82) is 0 Å². The van der Waals surface area contributed by atoms with Gasteiger partial charge in [0.25, 0.3) is 0 Å². The van der Waals surface area contributed by atoms with Gasteiger partial charge >= 0.3 is 0 Å². The Bertz CT molecular complexity index is 328. The maximum atomic E-state index is 8.67. The Morgan fingerprint density at radius 3 is 2.08 bits per heavy atom. The summed E-state index contributed by atoms with van der Waals surface area (Å²) in [6.45, 7) is 4.34. The first-order valence-electron chi connectivity index (χ1n) is 3.60. The molecule has 0 spiro atoms. The zero-order valence-electron chi connectivity index (χ0n) is 7.05. The van der Waals surface area contributed by atoms with Crippen molar-refractivity contribution >= 4 is 6.09 Å². The molecule has 0 aromatic rings. The Morgan fingerprint density at radius 1 is 1.42 bits per heavy atom. The summed E-state index contributed by atoms with van der Waals surface area (Å²) in [4.78, 5) is 8.67. The number of carboxylic acid groups (broad SMARTS) is 1. The summed E-state index contributed by atoms with van der Waals surface area (Å²) in [7, 11) is 0. The molecule has 12 heavy (non-hydrogen) atoms. The molecular formula is C9H10NO2-. The number of carbonyl (C=O) groups excluding carboxylic acids is 1. The van der Waals surface area contributed by atoms with E-state index in [4.69, 9.17) is 9.90 Å². The highest BCUT2D eigenvalue weighted by Gasteiger charge is 2.16. The van der Waals surface area contributed by atoms with Crippen LogP contribution in [0.1, 0.15) is 11.1 Å². The van der Waals surface area contributed by atoms with E-state index in [1.807, 2.05) is 0 Å². The van der Waals surface area contributed by atoms with E-state index in [9.17, 15) is 0 Å². The quantitative estimate of drug-likeness (QED) is 0.618. The number of nitrogens with two attached hydrogens (primary N) is 1. The Balaban J connectivity index is 0.000000157. The highest BCUT2D eigenvalue weighted by Crippen LogP contribution is 2.40. The van der Waals surface area contributed by atoms with E-state index < -0.39 is 6.09 Å². The number of primary amides is 1. The summed E-state index contributed by atoms with van der Waals surface area (Å²) in [5.74, 6) is 0. The van der Waals surface area contributed by atoms with Crippen LogP contribution in [-0.2, 0) is 0 Å². The topological polar surface area (TPSA) is 66.2 Å². The molecule has 0 saturated heterocycles. The predicted octanol–water partition coefficient (Wildman–Crippen LogP) is 0.572. The average molecular weight is 164 g/mol. The minimum atomic E-state index is -1.58. The van der Waals surface area contributed by atoms with Crippen molar-refractivity contribution in [2.45, 2.75) is 13.8 Å². The molecule has 3 heteroatoms. The highest BCUT2D eigenvalue weighted by molar-refractivity contribution is 5.86. The zero-order valence-corrected chi connectivity index (χ0v) is 7.05. The third-order valence-electron chi connectivity index (χ3n) is 1.90. The molecule has 0 aromatic heterocycles. The molecule has 0 aromatic carbocycles. The van der Waals surface area contributed by atoms with Gasteiger partial charge in [-0.25, -0.2) is 0 Å². The average Bonchev–Trinajstić information content (AvgIpc) is 2.59. The lowest BCUT2D eigenvalue weighted by atomic mass is 10.2. The van der Waals surface area contributed by atoms with Gasteiger partial charge in [-0.15, -0.1) is 0 Å². The Kier molecular flexibility index (Phi) is 2.04. The lowest BCUT2D eigenvalue weighted by Crippen LogP contribution is -2.29. The summed E-state index contributed by atoms with van der Waals surface area (Å²) in [6.07, 6.45) is -1.58. The summed E-state index contributed by atoms with van der Waals surface area (Å²) < 4.78 is 0. The molecular weight excluding hydrogens is 154 g/mol. The smallest absolute Gasteiger partial charge is 0.131 e. The lowest BCUT2D eigenvalue weighted by Gasteiger charge is -1.83. The van der Waals surface area contributed by atoms with Crippen LogP contribution in [-0.4, -0.2) is 6.09 Å². The molecule has 0 atom stereocenters. The molecule has 3 nitrogen and oxygen atoms in total. The molecule has 64 valence electrons. The van der Waals surface area contributed by atoms with E-state index in [0.29, 0.717) is 0 Å². The van der Waals surface area contributed by atoms with Gasteiger partial charge in [-0.1, -0.05) is 6.07 Å². The van der Waals surface area contributed by atoms with Crippen molar-refractivity contribution in [2.24, 2.45) is 5.73 Å². The fourth-order valence-corrected chi connectivity index (χ4v) is 1.12. The first-order chi connectivity index (χ1) is 5.52. The van der Waals surface area contributed by atoms with Crippen molar-refractivity contribution in [3.63, 3.8) is 0 Å². The number of benzene rings is 1. The number of rotatable bonds is 0. The molecule has 2 N–H and O–H groups in total. The summed E-state index contributed by atoms with van der Waals surface area (Å²) >= 11 is 0. The van der Waals surface area contributed by atoms with Crippen LogP contribution in [0.4, 0.5) is 4.79 Å². The number of fused-ring (bicyclic) bond motifs is 1. The third-order valence-corrected chi connectivity index (χ3v) is 1.90. The van der Waals surface area contributed by atoms with Crippen molar-refractivity contribution < 1.29 is 9.90 Å². The van der Waals surface area contributed by atoms with E-state index in [2.05, 4.69) is 31.7 Å². The fraction of sp³-hybridized carbons (Fsp3) is 0.222. The third kappa shape index (κ3) is 1.75. The maximum absolute atomic E-state index is 8.67. The van der Waals surface area contributed by atoms with Gasteiger partial charge in [-0.2, -0.15) is 0 Å². The van der Waals surface area contributed by atoms with Crippen molar-refractivity contribution in [3.8, 4) is 11.1 Å². The van der Waals surface area contributed by atoms with Gasteiger partial charge in [0, 0.05) is 0 Å². The van der Waals surface area contributed by atoms with Gasteiger partial charge in [0.15, 0.2) is 0 Å². The molecule has 2 aliphatic carbocycles. The SMILES string of the molecule is Cc1cc2cc-2c1C.NC(=O)[O-]. The molecule has 0 aliphatic heterocycles. The summed E-state index contributed by atoms with van der Waals surface area (Å²) in [6, 6.07) is 4.47. The van der Waals surface area contributed by atoms with Crippen LogP contribution in [0.3, 0.4) is 0 Å². The van der Waals surface area contributed by atoms with Gasteiger partial charge in [0.2, 0.25) is 0 Å². The molecule has 0 unspecified atom stereocenters. The molecule has 2 aliphatic rings. The minimum absolute atomic E-state index is 1.44. The zero-order chi connectivity index (χ0) is 9.30. The first kappa shape index (κ1) is 8.59. The first-order valence-corrected chi connectivity index (χ1v) is 3.60. The monoisotopic (exact) mass is 164 g/mol. The van der Waals surface area contributed by atoms with Crippen LogP contribution >= 0.6 is 0 Å². The van der Waals surface area contributed by atoms with E-state index in [-0.39, 0.29) is 0 Å². The second-order valence-corrected chi connectivity index (χ2v) is 2.78. The summed E-state index contributed by atoms with van der Waals surface area (Å²) in [5, 5.41) is 8.67. The Hall–Kier alpha value is -1.51. The standard InChI is InChI=1S/C8H8.CH3NO2/c1-5-3-7-4-8(7)6(5)2;2-1(3)4/h3-4H,1-2H3;2H2,(H,3,4)/p-1. The molecule has 2 rings (SSSR count). The van der Waals surface area contributed by atoms with E-state index >= 15 is 0 Å². The molecule has 0 heterocycles. The number of amides is 1. The summed E-state index contributed by atoms with van der Waals surface area (Å²) in [5.41, 5.74) is 9.78. The maximum Gasteiger partial charge on any atom is 0.131 e. The van der Waals surface area contributed by atoms with Crippen molar-refractivity contribution in [2.75, 3.05) is 0 Å². The normalized spacial score (nSPS) is 9.83. The molecule has 1 amide bonds. The lowest BCUT2D eigenvalue weighted by molar-refractivity contribution is -0.245. The molecule has 0 bridgehead atoms. The van der Waals surface area contributed by atoms with Crippen molar-refractivity contribution in [1.82, 2.24) is 0 Å². The van der Waals surface area contributed by atoms with Gasteiger partial charge < -0.3 is 15.6 Å². The number of hydrogen-bond donors (Lipinski definition) is 1. The van der Waals surface area contributed by atoms with Crippen molar-refractivity contribution in [3.05, 3.63) is 23.3 Å². The van der Waals surface area contributed by atoms with Crippen LogP contribution < -0.4 is 10.8 Å². The van der Waals surface area contributed by atoms with Gasteiger partial charge in [0.1, 0.15) is 6.09 Å². The van der Waals surface area contributed by atoms with Gasteiger partial charge in [-0.3, -0.25) is 0 Å². The van der Waals surface area contributed by atoms with Crippen LogP contribution in [0, 0.1) is 13.8 Å². The molecule has 0 fully saturated rings. The van der Waals surface area contributed by atoms with Crippen LogP contribution in [0.5, 0.6) is 0 Å². The highest BCUT2D eigenvalue weighted by atomic mass is 16.4. The van der Waals surface area contributed by atoms with E-state index in [0.717, 1.165) is 0 Å². The molecule has 0 radical (unpaired) electrons. The van der Waals surface area contributed by atoms with Gasteiger partial charge in [0.05, 0.1) is 0 Å². The Morgan fingerprint density at radius 2 is 1.92 bits per heavy atom. The second-order valence-electron chi connectivity index (χ2n) is 2.78. The number of hydrogen-bond acceptors (Lipinski definition) is 2. The number of carbonyl (C=O) groups is 1. The predicted molar refractivity (Wildman–Crippen MR) is 44.5 cm³/mol. The van der Waals surface area contributed by atoms with Gasteiger partial charge in [-0.05, 0) is 42.2 Å². The second kappa shape index (κ2) is 2.85. The largest absolute Gasteiger partial charge is 0.530 e. The van der Waals surface area contributed by atoms with E-state index in [1.165, 1.54) is 22.3 Å². The Labute approximate surface area is 70.8 Å². The van der Waals surface area contributed by atoms with Crippen LogP contribution in [0.15, 0.2) is 12.1 Å². The van der Waals surface area contributed by atoms with Crippen LogP contribution in [0.25, 0.3) is 11.1 Å². The van der Waals surface area contributed by atoms with Crippen LogP contribution in [0.2, 0.25) is 0 Å². The fourth-order valence-electron chi connectivity index (χ4n) is 1.12. The number of aryl methyl sites for hydroxylation is 1. The minimum Gasteiger partial charge on any atom is -0.530 e. The van der Waals surface area contributed by atoms with E-state index in [1.54, 1.807) is 0 Å².